The Morgan fingerprint density at radius 3 is 1.78 bits per heavy atom. The lowest BCUT2D eigenvalue weighted by Gasteiger charge is -2.25. The lowest BCUT2D eigenvalue weighted by molar-refractivity contribution is -0.0443. The zero-order valence-electron chi connectivity index (χ0n) is 23.2. The van der Waals surface area contributed by atoms with Crippen molar-refractivity contribution in [2.45, 2.75) is 11.4 Å². The summed E-state index contributed by atoms with van der Waals surface area (Å²) in [7, 11) is -11.5. The topological polar surface area (TPSA) is 81.7 Å². The number of alkyl halides is 3. The van der Waals surface area contributed by atoms with Crippen LogP contribution in [0.4, 0.5) is 13.2 Å². The van der Waals surface area contributed by atoms with Crippen LogP contribution in [0.15, 0.2) is 127 Å². The SMILES string of the molecule is O=P1(NS(=O)(=O)C(F)(F)F)Oc2ccc3ccccc3c2-c2c(c(C(c3ccccc3)c3ccccc3)cc3ccccc23)O1. The van der Waals surface area contributed by atoms with E-state index in [2.05, 4.69) is 0 Å². The molecule has 0 aromatic heterocycles. The Kier molecular flexibility index (Phi) is 6.96. The molecule has 6 aromatic rings. The Morgan fingerprint density at radius 1 is 0.644 bits per heavy atom. The molecule has 0 spiro atoms. The summed E-state index contributed by atoms with van der Waals surface area (Å²) < 4.78 is 92.9. The molecule has 0 aliphatic carbocycles. The summed E-state index contributed by atoms with van der Waals surface area (Å²) in [5.74, 6) is -0.719. The highest BCUT2D eigenvalue weighted by Crippen LogP contribution is 2.60. The van der Waals surface area contributed by atoms with E-state index in [-0.39, 0.29) is 11.5 Å². The van der Waals surface area contributed by atoms with Crippen molar-refractivity contribution in [3.63, 3.8) is 0 Å². The van der Waals surface area contributed by atoms with Gasteiger partial charge in [-0.3, -0.25) is 0 Å². The molecule has 1 unspecified atom stereocenters. The van der Waals surface area contributed by atoms with Gasteiger partial charge in [-0.15, -0.1) is 0 Å². The summed E-state index contributed by atoms with van der Waals surface area (Å²) in [6.45, 7) is 0. The van der Waals surface area contributed by atoms with Crippen LogP contribution in [-0.4, -0.2) is 13.9 Å². The van der Waals surface area contributed by atoms with Gasteiger partial charge in [0.05, 0.1) is 0 Å². The summed E-state index contributed by atoms with van der Waals surface area (Å²) in [6.07, 6.45) is 0. The van der Waals surface area contributed by atoms with E-state index in [1.54, 1.807) is 18.2 Å². The fourth-order valence-corrected chi connectivity index (χ4v) is 8.62. The van der Waals surface area contributed by atoms with Crippen molar-refractivity contribution in [1.29, 1.82) is 0 Å². The van der Waals surface area contributed by atoms with Crippen LogP contribution in [0.1, 0.15) is 22.6 Å². The first kappa shape index (κ1) is 29.1. The van der Waals surface area contributed by atoms with Crippen molar-refractivity contribution in [2.24, 2.45) is 0 Å². The van der Waals surface area contributed by atoms with E-state index >= 15 is 0 Å². The fourth-order valence-electron chi connectivity index (χ4n) is 5.84. The molecule has 11 heteroatoms. The predicted molar refractivity (Wildman–Crippen MR) is 168 cm³/mol. The van der Waals surface area contributed by atoms with E-state index in [0.717, 1.165) is 21.9 Å². The van der Waals surface area contributed by atoms with Gasteiger partial charge in [-0.1, -0.05) is 120 Å². The summed E-state index contributed by atoms with van der Waals surface area (Å²) >= 11 is 0. The van der Waals surface area contributed by atoms with Gasteiger partial charge in [-0.2, -0.15) is 13.2 Å². The molecule has 0 radical (unpaired) electrons. The van der Waals surface area contributed by atoms with E-state index in [4.69, 9.17) is 9.05 Å². The van der Waals surface area contributed by atoms with Gasteiger partial charge in [-0.25, -0.2) is 13.0 Å². The summed E-state index contributed by atoms with van der Waals surface area (Å²) in [5, 5.41) is 2.84. The molecule has 6 aromatic carbocycles. The molecular weight excluding hydrogens is 622 g/mol. The maximum absolute atomic E-state index is 14.3. The van der Waals surface area contributed by atoms with Crippen molar-refractivity contribution in [3.05, 3.63) is 144 Å². The molecule has 1 aliphatic heterocycles. The quantitative estimate of drug-likeness (QED) is 0.149. The lowest BCUT2D eigenvalue weighted by atomic mass is 9.81. The number of benzene rings is 6. The standard InChI is InChI=1S/C34H23F3NO5PS/c35-34(36,37)45(40,41)38-44(39)42-29-20-19-22-11-7-9-17-26(22)31(29)32-27-18-10-8-16-25(27)21-28(33(32)43-44)30(23-12-3-1-4-13-23)24-14-5-2-6-15-24/h1-21,30H,(H,38,39). The maximum Gasteiger partial charge on any atom is 0.526 e. The summed E-state index contributed by atoms with van der Waals surface area (Å²) in [4.78, 5) is 0. The molecule has 0 bridgehead atoms. The number of rotatable bonds is 5. The number of hydrogen-bond donors (Lipinski definition) is 1. The van der Waals surface area contributed by atoms with Crippen LogP contribution < -0.4 is 13.5 Å². The minimum Gasteiger partial charge on any atom is -0.403 e. The minimum absolute atomic E-state index is 0.0604. The lowest BCUT2D eigenvalue weighted by Crippen LogP contribution is -2.36. The first-order valence-electron chi connectivity index (χ1n) is 13.8. The second-order valence-electron chi connectivity index (χ2n) is 10.5. The van der Waals surface area contributed by atoms with Gasteiger partial charge in [0, 0.05) is 22.6 Å². The second kappa shape index (κ2) is 10.8. The van der Waals surface area contributed by atoms with Crippen molar-refractivity contribution in [1.82, 2.24) is 4.49 Å². The van der Waals surface area contributed by atoms with Gasteiger partial charge in [0.25, 0.3) is 0 Å². The number of halogens is 3. The molecule has 1 atom stereocenters. The van der Waals surface area contributed by atoms with Gasteiger partial charge in [0.15, 0.2) is 0 Å². The third-order valence-corrected chi connectivity index (χ3v) is 11.0. The van der Waals surface area contributed by atoms with E-state index in [0.29, 0.717) is 27.5 Å². The Balaban J connectivity index is 1.63. The highest BCUT2D eigenvalue weighted by atomic mass is 32.2. The maximum atomic E-state index is 14.3. The van der Waals surface area contributed by atoms with Crippen LogP contribution in [0.2, 0.25) is 0 Å². The molecule has 0 amide bonds. The number of fused-ring (bicyclic) bond motifs is 7. The van der Waals surface area contributed by atoms with E-state index < -0.39 is 29.2 Å². The average Bonchev–Trinajstić information content (AvgIpc) is 3.15. The molecule has 1 heterocycles. The third kappa shape index (κ3) is 5.15. The Bertz CT molecular complexity index is 2200. The molecule has 6 nitrogen and oxygen atoms in total. The van der Waals surface area contributed by atoms with Crippen molar-refractivity contribution in [3.8, 4) is 22.6 Å². The smallest absolute Gasteiger partial charge is 0.403 e. The van der Waals surface area contributed by atoms with Crippen molar-refractivity contribution < 1.29 is 35.2 Å². The van der Waals surface area contributed by atoms with Crippen LogP contribution in [0, 0.1) is 0 Å². The molecule has 0 fully saturated rings. The molecule has 45 heavy (non-hydrogen) atoms. The van der Waals surface area contributed by atoms with Crippen LogP contribution in [0.5, 0.6) is 11.5 Å². The molecule has 226 valence electrons. The first-order valence-corrected chi connectivity index (χ1v) is 16.8. The van der Waals surface area contributed by atoms with Crippen LogP contribution >= 0.6 is 7.75 Å². The van der Waals surface area contributed by atoms with Gasteiger partial charge < -0.3 is 9.05 Å². The number of sulfonamides is 1. The first-order chi connectivity index (χ1) is 21.5. The molecular formula is C34H23F3NO5PS. The van der Waals surface area contributed by atoms with Gasteiger partial charge in [-0.05, 0) is 44.8 Å². The molecule has 1 N–H and O–H groups in total. The summed E-state index contributed by atoms with van der Waals surface area (Å²) in [6, 6.07) is 38.4. The van der Waals surface area contributed by atoms with Crippen LogP contribution in [0.25, 0.3) is 32.7 Å². The van der Waals surface area contributed by atoms with E-state index in [1.165, 1.54) is 10.6 Å². The Hall–Kier alpha value is -4.63. The van der Waals surface area contributed by atoms with Gasteiger partial charge in [0.2, 0.25) is 0 Å². The molecule has 1 aliphatic rings. The third-order valence-electron chi connectivity index (χ3n) is 7.71. The molecule has 0 saturated heterocycles. The van der Waals surface area contributed by atoms with Crippen LogP contribution in [0.3, 0.4) is 0 Å². The average molecular weight is 646 g/mol. The minimum atomic E-state index is -6.16. The predicted octanol–water partition coefficient (Wildman–Crippen LogP) is 9.16. The monoisotopic (exact) mass is 645 g/mol. The van der Waals surface area contributed by atoms with Crippen molar-refractivity contribution >= 4 is 39.3 Å². The largest absolute Gasteiger partial charge is 0.526 e. The summed E-state index contributed by atoms with van der Waals surface area (Å²) in [5.41, 5.74) is -2.86. The Labute approximate surface area is 256 Å². The van der Waals surface area contributed by atoms with E-state index in [9.17, 15) is 26.2 Å². The number of hydrogen-bond acceptors (Lipinski definition) is 5. The van der Waals surface area contributed by atoms with Gasteiger partial charge >= 0.3 is 23.3 Å². The Morgan fingerprint density at radius 2 is 1.18 bits per heavy atom. The van der Waals surface area contributed by atoms with Crippen LogP contribution in [-0.2, 0) is 14.6 Å². The zero-order valence-corrected chi connectivity index (χ0v) is 24.9. The van der Waals surface area contributed by atoms with E-state index in [1.807, 2.05) is 103 Å². The fraction of sp³-hybridized carbons (Fsp3) is 0.0588. The van der Waals surface area contributed by atoms with Crippen molar-refractivity contribution in [2.75, 3.05) is 0 Å². The number of nitrogens with one attached hydrogen (secondary N) is 1. The highest BCUT2D eigenvalue weighted by Gasteiger charge is 2.52. The zero-order chi connectivity index (χ0) is 31.4. The second-order valence-corrected chi connectivity index (χ2v) is 14.1. The highest BCUT2D eigenvalue weighted by molar-refractivity contribution is 7.95. The normalized spacial score (nSPS) is 16.4. The van der Waals surface area contributed by atoms with Gasteiger partial charge in [0.1, 0.15) is 11.5 Å². The molecule has 7 rings (SSSR count). The molecule has 0 saturated carbocycles.